The molecule has 0 unspecified atom stereocenters. The number of carbonyl (C=O) groups excluding carboxylic acids is 2. The fourth-order valence-corrected chi connectivity index (χ4v) is 2.38. The van der Waals surface area contributed by atoms with Crippen LogP contribution in [0.15, 0.2) is 24.3 Å². The smallest absolute Gasteiger partial charge is 0.253 e. The molecule has 0 aliphatic carbocycles. The van der Waals surface area contributed by atoms with E-state index in [1.165, 1.54) is 0 Å². The van der Waals surface area contributed by atoms with Crippen molar-refractivity contribution < 1.29 is 9.59 Å². The van der Waals surface area contributed by atoms with Gasteiger partial charge < -0.3 is 15.5 Å². The Morgan fingerprint density at radius 2 is 1.75 bits per heavy atom. The van der Waals surface area contributed by atoms with E-state index in [0.717, 1.165) is 5.56 Å². The molecular formula is C15H21N3O2. The van der Waals surface area contributed by atoms with Crippen LogP contribution in [0.2, 0.25) is 0 Å². The Balaban J connectivity index is 1.97. The lowest BCUT2D eigenvalue weighted by molar-refractivity contribution is -0.133. The summed E-state index contributed by atoms with van der Waals surface area (Å²) in [7, 11) is 0. The molecule has 1 aliphatic heterocycles. The average molecular weight is 275 g/mol. The molecule has 1 saturated heterocycles. The van der Waals surface area contributed by atoms with Gasteiger partial charge in [0.15, 0.2) is 0 Å². The molecule has 0 aromatic heterocycles. The van der Waals surface area contributed by atoms with Gasteiger partial charge in [0, 0.05) is 31.7 Å². The first-order chi connectivity index (χ1) is 9.49. The van der Waals surface area contributed by atoms with Crippen LogP contribution in [0.5, 0.6) is 0 Å². The van der Waals surface area contributed by atoms with Crippen LogP contribution in [0.25, 0.3) is 0 Å². The average Bonchev–Trinajstić information content (AvgIpc) is 2.46. The fourth-order valence-electron chi connectivity index (χ4n) is 2.38. The van der Waals surface area contributed by atoms with Gasteiger partial charge in [0.05, 0.1) is 6.04 Å². The number of hydrogen-bond donors (Lipinski definition) is 1. The predicted octanol–water partition coefficient (Wildman–Crippen LogP) is 0.627. The fraction of sp³-hybridized carbons (Fsp3) is 0.467. The van der Waals surface area contributed by atoms with Gasteiger partial charge in [-0.25, -0.2) is 0 Å². The van der Waals surface area contributed by atoms with Crippen LogP contribution in [0.4, 0.5) is 0 Å². The van der Waals surface area contributed by atoms with E-state index < -0.39 is 6.04 Å². The minimum absolute atomic E-state index is 0.0293. The van der Waals surface area contributed by atoms with E-state index in [1.807, 2.05) is 31.2 Å². The lowest BCUT2D eigenvalue weighted by atomic mass is 10.1. The summed E-state index contributed by atoms with van der Waals surface area (Å²) in [5, 5.41) is 0. The molecule has 1 heterocycles. The Kier molecular flexibility index (Phi) is 4.39. The quantitative estimate of drug-likeness (QED) is 0.860. The van der Waals surface area contributed by atoms with E-state index in [0.29, 0.717) is 31.7 Å². The van der Waals surface area contributed by atoms with Crippen LogP contribution in [0.3, 0.4) is 0 Å². The Morgan fingerprint density at radius 1 is 1.15 bits per heavy atom. The highest BCUT2D eigenvalue weighted by atomic mass is 16.2. The molecule has 0 bridgehead atoms. The Labute approximate surface area is 119 Å². The summed E-state index contributed by atoms with van der Waals surface area (Å²) in [6, 6.07) is 7.10. The third kappa shape index (κ3) is 3.17. The standard InChI is InChI=1S/C15H21N3O2/c1-11-4-3-5-13(10-11)15(20)18-8-6-17(7-9-18)14(19)12(2)16/h3-5,10,12H,6-9,16H2,1-2H3/t12-/m0/s1. The van der Waals surface area contributed by atoms with Crippen molar-refractivity contribution in [3.05, 3.63) is 35.4 Å². The first-order valence-corrected chi connectivity index (χ1v) is 6.89. The van der Waals surface area contributed by atoms with E-state index in [-0.39, 0.29) is 11.8 Å². The predicted molar refractivity (Wildman–Crippen MR) is 77.3 cm³/mol. The first kappa shape index (κ1) is 14.5. The Hall–Kier alpha value is -1.88. The zero-order valence-corrected chi connectivity index (χ0v) is 12.0. The summed E-state index contributed by atoms with van der Waals surface area (Å²) in [5.74, 6) is -0.0192. The number of piperazine rings is 1. The second-order valence-corrected chi connectivity index (χ2v) is 5.28. The molecule has 5 heteroatoms. The number of hydrogen-bond acceptors (Lipinski definition) is 3. The van der Waals surface area contributed by atoms with Crippen molar-refractivity contribution in [1.82, 2.24) is 9.80 Å². The van der Waals surface area contributed by atoms with E-state index in [4.69, 9.17) is 5.73 Å². The molecule has 20 heavy (non-hydrogen) atoms. The van der Waals surface area contributed by atoms with Crippen molar-refractivity contribution in [2.24, 2.45) is 5.73 Å². The number of nitrogens with zero attached hydrogens (tertiary/aromatic N) is 2. The van der Waals surface area contributed by atoms with Gasteiger partial charge in [0.2, 0.25) is 5.91 Å². The molecule has 1 aromatic carbocycles. The maximum atomic E-state index is 12.4. The third-order valence-corrected chi connectivity index (χ3v) is 3.53. The minimum Gasteiger partial charge on any atom is -0.338 e. The Morgan fingerprint density at radius 3 is 2.30 bits per heavy atom. The zero-order valence-electron chi connectivity index (χ0n) is 12.0. The lowest BCUT2D eigenvalue weighted by Crippen LogP contribution is -2.53. The SMILES string of the molecule is Cc1cccc(C(=O)N2CCN(C(=O)[C@H](C)N)CC2)c1. The minimum atomic E-state index is -0.478. The van der Waals surface area contributed by atoms with Crippen LogP contribution < -0.4 is 5.73 Å². The number of carbonyl (C=O) groups is 2. The molecule has 1 aromatic rings. The number of benzene rings is 1. The monoisotopic (exact) mass is 275 g/mol. The number of nitrogens with two attached hydrogens (primary N) is 1. The molecule has 2 N–H and O–H groups in total. The van der Waals surface area contributed by atoms with Gasteiger partial charge in [0.25, 0.3) is 5.91 Å². The molecule has 0 radical (unpaired) electrons. The number of aryl methyl sites for hydroxylation is 1. The van der Waals surface area contributed by atoms with Gasteiger partial charge in [-0.15, -0.1) is 0 Å². The largest absolute Gasteiger partial charge is 0.338 e. The van der Waals surface area contributed by atoms with Crippen molar-refractivity contribution in [1.29, 1.82) is 0 Å². The number of amides is 2. The van der Waals surface area contributed by atoms with Crippen LogP contribution in [-0.4, -0.2) is 53.8 Å². The summed E-state index contributed by atoms with van der Waals surface area (Å²) in [4.78, 5) is 27.7. The lowest BCUT2D eigenvalue weighted by Gasteiger charge is -2.35. The van der Waals surface area contributed by atoms with Gasteiger partial charge in [-0.2, -0.15) is 0 Å². The van der Waals surface area contributed by atoms with Crippen LogP contribution >= 0.6 is 0 Å². The van der Waals surface area contributed by atoms with Gasteiger partial charge >= 0.3 is 0 Å². The summed E-state index contributed by atoms with van der Waals surface area (Å²) in [5.41, 5.74) is 7.37. The first-order valence-electron chi connectivity index (χ1n) is 6.89. The van der Waals surface area contributed by atoms with E-state index in [2.05, 4.69) is 0 Å². The maximum Gasteiger partial charge on any atom is 0.253 e. The molecule has 2 amide bonds. The van der Waals surface area contributed by atoms with Crippen molar-refractivity contribution in [2.75, 3.05) is 26.2 Å². The molecule has 5 nitrogen and oxygen atoms in total. The maximum absolute atomic E-state index is 12.4. The molecule has 0 spiro atoms. The van der Waals surface area contributed by atoms with E-state index >= 15 is 0 Å². The van der Waals surface area contributed by atoms with Crippen LogP contribution in [-0.2, 0) is 4.79 Å². The molecule has 0 saturated carbocycles. The van der Waals surface area contributed by atoms with Gasteiger partial charge in [-0.1, -0.05) is 17.7 Å². The number of rotatable bonds is 2. The molecule has 108 valence electrons. The highest BCUT2D eigenvalue weighted by molar-refractivity contribution is 5.94. The highest BCUT2D eigenvalue weighted by Gasteiger charge is 2.26. The third-order valence-electron chi connectivity index (χ3n) is 3.53. The second kappa shape index (κ2) is 6.05. The molecule has 2 rings (SSSR count). The zero-order chi connectivity index (χ0) is 14.7. The van der Waals surface area contributed by atoms with Gasteiger partial charge in [0.1, 0.15) is 0 Å². The van der Waals surface area contributed by atoms with Crippen molar-refractivity contribution in [3.8, 4) is 0 Å². The highest BCUT2D eigenvalue weighted by Crippen LogP contribution is 2.11. The summed E-state index contributed by atoms with van der Waals surface area (Å²) >= 11 is 0. The normalized spacial score (nSPS) is 16.9. The second-order valence-electron chi connectivity index (χ2n) is 5.28. The summed E-state index contributed by atoms with van der Waals surface area (Å²) < 4.78 is 0. The van der Waals surface area contributed by atoms with Crippen LogP contribution in [0, 0.1) is 6.92 Å². The van der Waals surface area contributed by atoms with Crippen molar-refractivity contribution >= 4 is 11.8 Å². The summed E-state index contributed by atoms with van der Waals surface area (Å²) in [6.45, 7) is 5.88. The van der Waals surface area contributed by atoms with E-state index in [1.54, 1.807) is 16.7 Å². The van der Waals surface area contributed by atoms with Crippen molar-refractivity contribution in [3.63, 3.8) is 0 Å². The molecule has 1 aliphatic rings. The Bertz CT molecular complexity index is 506. The van der Waals surface area contributed by atoms with Gasteiger partial charge in [-0.3, -0.25) is 9.59 Å². The summed E-state index contributed by atoms with van der Waals surface area (Å²) in [6.07, 6.45) is 0. The topological polar surface area (TPSA) is 66.6 Å². The van der Waals surface area contributed by atoms with Crippen molar-refractivity contribution in [2.45, 2.75) is 19.9 Å². The molecule has 1 atom stereocenters. The van der Waals surface area contributed by atoms with Gasteiger partial charge in [-0.05, 0) is 26.0 Å². The molecule has 1 fully saturated rings. The molecular weight excluding hydrogens is 254 g/mol. The van der Waals surface area contributed by atoms with Crippen LogP contribution in [0.1, 0.15) is 22.8 Å². The van der Waals surface area contributed by atoms with E-state index in [9.17, 15) is 9.59 Å².